The first-order valence-electron chi connectivity index (χ1n) is 30.6. The van der Waals surface area contributed by atoms with Gasteiger partial charge in [0, 0.05) is 12.8 Å². The van der Waals surface area contributed by atoms with Crippen molar-refractivity contribution in [3.05, 3.63) is 158 Å². The molecule has 0 spiro atoms. The van der Waals surface area contributed by atoms with E-state index in [1.807, 2.05) is 21.1 Å². The lowest BCUT2D eigenvalue weighted by Gasteiger charge is -2.25. The van der Waals surface area contributed by atoms with Crippen LogP contribution in [0.5, 0.6) is 0 Å². The molecule has 0 aromatic heterocycles. The van der Waals surface area contributed by atoms with Crippen LogP contribution in [0.2, 0.25) is 0 Å². The third-order valence-corrected chi connectivity index (χ3v) is 12.3. The van der Waals surface area contributed by atoms with Crippen molar-refractivity contribution >= 4 is 17.9 Å². The second-order valence-electron chi connectivity index (χ2n) is 20.9. The Labute approximate surface area is 483 Å². The second kappa shape index (κ2) is 59.0. The molecule has 0 rings (SSSR count). The Kier molecular flexibility index (Phi) is 55.2. The Morgan fingerprint density at radius 2 is 0.684 bits per heavy atom. The fourth-order valence-electron chi connectivity index (χ4n) is 7.64. The van der Waals surface area contributed by atoms with Gasteiger partial charge in [0.15, 0.2) is 6.10 Å². The minimum Gasteiger partial charge on any atom is -0.477 e. The van der Waals surface area contributed by atoms with Crippen LogP contribution in [0.1, 0.15) is 206 Å². The lowest BCUT2D eigenvalue weighted by Crippen LogP contribution is -2.40. The van der Waals surface area contributed by atoms with E-state index < -0.39 is 24.3 Å². The average molecular weight is 1100 g/mol. The van der Waals surface area contributed by atoms with Crippen LogP contribution in [0.3, 0.4) is 0 Å². The molecule has 0 aliphatic carbocycles. The van der Waals surface area contributed by atoms with Crippen LogP contribution in [0.4, 0.5) is 0 Å². The number of carboxylic acids is 1. The zero-order valence-corrected chi connectivity index (χ0v) is 50.5. The molecule has 0 radical (unpaired) electrons. The van der Waals surface area contributed by atoms with Crippen molar-refractivity contribution in [3.8, 4) is 0 Å². The Hall–Kier alpha value is -5.09. The van der Waals surface area contributed by atoms with Gasteiger partial charge < -0.3 is 28.5 Å². The molecule has 79 heavy (non-hydrogen) atoms. The van der Waals surface area contributed by atoms with E-state index in [2.05, 4.69) is 172 Å². The van der Waals surface area contributed by atoms with Crippen molar-refractivity contribution in [2.75, 3.05) is 47.5 Å². The van der Waals surface area contributed by atoms with Gasteiger partial charge in [-0.1, -0.05) is 230 Å². The van der Waals surface area contributed by atoms with Gasteiger partial charge in [-0.05, 0) is 122 Å². The lowest BCUT2D eigenvalue weighted by molar-refractivity contribution is -0.870. The SMILES string of the molecule is CC/C=C\C/C=C\C/C=C\C/C=C\C/C=C\C/C=C\C/C=C\CCCCCCCC(=O)OC(COC(=O)CCCCCCCCCC/C=C\C/C=C\C/C=C\C/C=C\C/C=C\C/C=C\CC)COC(OCC[N+](C)(C)C)C(=O)O. The molecule has 9 heteroatoms. The summed E-state index contributed by atoms with van der Waals surface area (Å²) in [4.78, 5) is 37.5. The first kappa shape index (κ1) is 73.9. The molecule has 0 aromatic rings. The summed E-state index contributed by atoms with van der Waals surface area (Å²) in [5, 5.41) is 9.72. The van der Waals surface area contributed by atoms with E-state index >= 15 is 0 Å². The highest BCUT2D eigenvalue weighted by Crippen LogP contribution is 2.14. The predicted octanol–water partition coefficient (Wildman–Crippen LogP) is 18.6. The Morgan fingerprint density at radius 3 is 1.01 bits per heavy atom. The van der Waals surface area contributed by atoms with Crippen molar-refractivity contribution in [2.24, 2.45) is 0 Å². The summed E-state index contributed by atoms with van der Waals surface area (Å²) >= 11 is 0. The van der Waals surface area contributed by atoms with Gasteiger partial charge in [-0.15, -0.1) is 0 Å². The standard InChI is InChI=1S/C70H111NO8/c1-6-8-10-12-14-16-18-20-22-24-26-28-30-32-34-36-38-40-42-44-46-48-50-52-54-56-58-60-67(72)77-64-66(65-78-70(69(74)75)76-63-62-71(3,4)5)79-68(73)61-59-57-55-53-51-49-47-45-43-41-39-37-35-33-31-29-27-25-23-21-19-17-15-13-11-9-7-2/h8-11,14-17,20-23,26-29,32-35,38-41,45,47,66,70H,6-7,12-13,18-19,24-25,30-31,36-37,42-44,46,48-65H2,1-5H3/p+1/b10-8-,11-9-,16-14-,17-15-,22-20-,23-21-,28-26-,29-27-,34-32-,35-33-,40-38-,41-39-,47-45-. The molecule has 2 unspecified atom stereocenters. The molecule has 0 aliphatic heterocycles. The molecule has 2 atom stereocenters. The molecule has 0 heterocycles. The summed E-state index contributed by atoms with van der Waals surface area (Å²) in [7, 11) is 5.95. The first-order valence-corrected chi connectivity index (χ1v) is 30.6. The van der Waals surface area contributed by atoms with Crippen LogP contribution in [0.15, 0.2) is 158 Å². The number of allylic oxidation sites excluding steroid dienone is 26. The van der Waals surface area contributed by atoms with Gasteiger partial charge in [0.05, 0.1) is 34.4 Å². The van der Waals surface area contributed by atoms with Crippen LogP contribution in [0, 0.1) is 0 Å². The molecule has 0 aliphatic rings. The fraction of sp³-hybridized carbons (Fsp3) is 0.586. The van der Waals surface area contributed by atoms with E-state index in [1.165, 1.54) is 25.7 Å². The minimum absolute atomic E-state index is 0.172. The van der Waals surface area contributed by atoms with Crippen molar-refractivity contribution < 1.29 is 42.9 Å². The number of hydrogen-bond donors (Lipinski definition) is 1. The zero-order valence-electron chi connectivity index (χ0n) is 50.5. The van der Waals surface area contributed by atoms with E-state index in [4.69, 9.17) is 18.9 Å². The summed E-state index contributed by atoms with van der Waals surface area (Å²) in [6, 6.07) is 0. The zero-order chi connectivity index (χ0) is 57.6. The van der Waals surface area contributed by atoms with Crippen LogP contribution in [0.25, 0.3) is 0 Å². The average Bonchev–Trinajstić information content (AvgIpc) is 3.42. The third-order valence-electron chi connectivity index (χ3n) is 12.3. The molecule has 0 saturated carbocycles. The largest absolute Gasteiger partial charge is 0.477 e. The summed E-state index contributed by atoms with van der Waals surface area (Å²) < 4.78 is 22.9. The number of carboxylic acid groups (broad SMARTS) is 1. The number of carbonyl (C=O) groups excluding carboxylic acids is 2. The number of unbranched alkanes of at least 4 members (excludes halogenated alkanes) is 13. The molecule has 0 saturated heterocycles. The maximum atomic E-state index is 12.9. The predicted molar refractivity (Wildman–Crippen MR) is 336 cm³/mol. The van der Waals surface area contributed by atoms with Crippen LogP contribution in [-0.2, 0) is 33.3 Å². The van der Waals surface area contributed by atoms with Gasteiger partial charge in [-0.3, -0.25) is 9.59 Å². The highest BCUT2D eigenvalue weighted by atomic mass is 16.7. The van der Waals surface area contributed by atoms with E-state index in [9.17, 15) is 19.5 Å². The van der Waals surface area contributed by atoms with E-state index in [0.29, 0.717) is 17.4 Å². The normalized spacial score (nSPS) is 13.9. The quantitative estimate of drug-likeness (QED) is 0.0211. The van der Waals surface area contributed by atoms with E-state index in [1.54, 1.807) is 0 Å². The minimum atomic E-state index is -1.53. The van der Waals surface area contributed by atoms with Crippen LogP contribution < -0.4 is 0 Å². The summed E-state index contributed by atoms with van der Waals surface area (Å²) in [5.74, 6) is -2.06. The number of aliphatic carboxylic acids is 1. The lowest BCUT2D eigenvalue weighted by atomic mass is 10.1. The molecule has 0 bridgehead atoms. The molecular formula is C70H112NO8+. The number of carbonyl (C=O) groups is 3. The van der Waals surface area contributed by atoms with Gasteiger partial charge in [-0.2, -0.15) is 0 Å². The van der Waals surface area contributed by atoms with Gasteiger partial charge in [-0.25, -0.2) is 4.79 Å². The maximum Gasteiger partial charge on any atom is 0.361 e. The molecule has 0 fully saturated rings. The number of likely N-dealkylation sites (N-methyl/N-ethyl adjacent to an activating group) is 1. The molecule has 444 valence electrons. The van der Waals surface area contributed by atoms with Crippen LogP contribution >= 0.6 is 0 Å². The Balaban J connectivity index is 4.34. The Bertz CT molecular complexity index is 1850. The number of esters is 2. The Morgan fingerprint density at radius 1 is 0.380 bits per heavy atom. The molecular weight excluding hydrogens is 983 g/mol. The third kappa shape index (κ3) is 60.4. The van der Waals surface area contributed by atoms with Crippen LogP contribution in [-0.4, -0.2) is 87.4 Å². The van der Waals surface area contributed by atoms with Crippen molar-refractivity contribution in [2.45, 2.75) is 219 Å². The second-order valence-corrected chi connectivity index (χ2v) is 20.9. The van der Waals surface area contributed by atoms with Gasteiger partial charge in [0.1, 0.15) is 13.2 Å². The number of quaternary nitrogens is 1. The highest BCUT2D eigenvalue weighted by Gasteiger charge is 2.25. The van der Waals surface area contributed by atoms with Gasteiger partial charge in [0.25, 0.3) is 6.29 Å². The summed E-state index contributed by atoms with van der Waals surface area (Å²) in [5.41, 5.74) is 0. The van der Waals surface area contributed by atoms with E-state index in [0.717, 1.165) is 148 Å². The van der Waals surface area contributed by atoms with Gasteiger partial charge >= 0.3 is 17.9 Å². The smallest absolute Gasteiger partial charge is 0.361 e. The maximum absolute atomic E-state index is 12.9. The first-order chi connectivity index (χ1) is 38.6. The van der Waals surface area contributed by atoms with Crippen molar-refractivity contribution in [3.63, 3.8) is 0 Å². The number of ether oxygens (including phenoxy) is 4. The summed E-state index contributed by atoms with van der Waals surface area (Å²) in [6.45, 7) is 4.59. The highest BCUT2D eigenvalue weighted by molar-refractivity contribution is 5.71. The monoisotopic (exact) mass is 1090 g/mol. The number of hydrogen-bond acceptors (Lipinski definition) is 7. The van der Waals surface area contributed by atoms with Crippen molar-refractivity contribution in [1.29, 1.82) is 0 Å². The number of nitrogens with zero attached hydrogens (tertiary/aromatic N) is 1. The molecule has 0 aromatic carbocycles. The number of rotatable bonds is 54. The summed E-state index contributed by atoms with van der Waals surface area (Å²) in [6.07, 6.45) is 84.6. The molecule has 9 nitrogen and oxygen atoms in total. The van der Waals surface area contributed by atoms with Gasteiger partial charge in [0.2, 0.25) is 0 Å². The molecule has 1 N–H and O–H groups in total. The molecule has 0 amide bonds. The fourth-order valence-corrected chi connectivity index (χ4v) is 7.64. The topological polar surface area (TPSA) is 108 Å². The van der Waals surface area contributed by atoms with Crippen molar-refractivity contribution in [1.82, 2.24) is 0 Å². The van der Waals surface area contributed by atoms with E-state index in [-0.39, 0.29) is 38.6 Å².